The van der Waals surface area contributed by atoms with E-state index in [1.54, 1.807) is 6.08 Å². The predicted molar refractivity (Wildman–Crippen MR) is 403 cm³/mol. The van der Waals surface area contributed by atoms with Crippen molar-refractivity contribution in [2.75, 3.05) is 52.6 Å². The fourth-order valence-corrected chi connectivity index (χ4v) is 12.7. The molecule has 1 unspecified atom stereocenters. The van der Waals surface area contributed by atoms with E-state index in [4.69, 9.17) is 9.47 Å². The van der Waals surface area contributed by atoms with Crippen LogP contribution < -0.4 is 31.9 Å². The number of unbranched alkanes of at least 4 members (excludes halogenated alkanes) is 1. The van der Waals surface area contributed by atoms with Crippen molar-refractivity contribution in [3.63, 3.8) is 0 Å². The number of amides is 6. The number of allylic oxidation sites excluding steroid dienone is 27. The van der Waals surface area contributed by atoms with E-state index in [9.17, 15) is 28.8 Å². The van der Waals surface area contributed by atoms with Crippen LogP contribution in [0.3, 0.4) is 0 Å². The summed E-state index contributed by atoms with van der Waals surface area (Å²) in [4.78, 5) is 81.0. The molecular formula is C83H126N6O8. The molecule has 0 saturated heterocycles. The molecule has 14 nitrogen and oxygen atoms in total. The van der Waals surface area contributed by atoms with Gasteiger partial charge in [0.15, 0.2) is 0 Å². The Morgan fingerprint density at radius 3 is 1.34 bits per heavy atom. The molecule has 0 heterocycles. The topological polar surface area (TPSA) is 193 Å². The zero-order valence-corrected chi connectivity index (χ0v) is 62.9. The van der Waals surface area contributed by atoms with Gasteiger partial charge in [0.2, 0.25) is 35.4 Å². The van der Waals surface area contributed by atoms with Crippen LogP contribution in [0.4, 0.5) is 0 Å². The largest absolute Gasteiger partial charge is 0.381 e. The third-order valence-electron chi connectivity index (χ3n) is 18.2. The lowest BCUT2D eigenvalue weighted by Crippen LogP contribution is -2.54. The lowest BCUT2D eigenvalue weighted by atomic mass is 9.72. The highest BCUT2D eigenvalue weighted by molar-refractivity contribution is 5.95. The summed E-state index contributed by atoms with van der Waals surface area (Å²) >= 11 is 0. The molecule has 0 bridgehead atoms. The normalized spacial score (nSPS) is 18.4. The number of hydrogen-bond acceptors (Lipinski definition) is 8. The molecule has 0 spiro atoms. The number of carbonyl (C=O) groups excluding carboxylic acids is 6. The lowest BCUT2D eigenvalue weighted by molar-refractivity contribution is -0.131. The van der Waals surface area contributed by atoms with Crippen LogP contribution in [0.5, 0.6) is 0 Å². The molecule has 0 saturated carbocycles. The fraction of sp³-hybridized carbons (Fsp3) is 0.566. The van der Waals surface area contributed by atoms with Crippen molar-refractivity contribution in [3.8, 4) is 0 Å². The molecule has 0 aromatic rings. The van der Waals surface area contributed by atoms with Gasteiger partial charge in [0.25, 0.3) is 0 Å². The Morgan fingerprint density at radius 2 is 0.835 bits per heavy atom. The maximum absolute atomic E-state index is 14.5. The second-order valence-electron chi connectivity index (χ2n) is 29.1. The van der Waals surface area contributed by atoms with Crippen molar-refractivity contribution in [1.82, 2.24) is 31.9 Å². The van der Waals surface area contributed by atoms with Crippen molar-refractivity contribution in [2.24, 2.45) is 16.2 Å². The highest BCUT2D eigenvalue weighted by Gasteiger charge is 2.30. The van der Waals surface area contributed by atoms with Gasteiger partial charge in [-0.3, -0.25) is 28.8 Å². The lowest BCUT2D eigenvalue weighted by Gasteiger charge is -2.33. The highest BCUT2D eigenvalue weighted by atomic mass is 16.5. The number of carbonyl (C=O) groups is 6. The van der Waals surface area contributed by atoms with Gasteiger partial charge in [-0.25, -0.2) is 0 Å². The Hall–Kier alpha value is -7.16. The van der Waals surface area contributed by atoms with E-state index in [1.807, 2.05) is 84.1 Å². The number of ether oxygens (including phenoxy) is 2. The van der Waals surface area contributed by atoms with Crippen LogP contribution in [-0.4, -0.2) is 100 Å². The fourth-order valence-electron chi connectivity index (χ4n) is 12.7. The third kappa shape index (κ3) is 34.8. The Labute approximate surface area is 586 Å². The molecule has 0 aliphatic heterocycles. The molecule has 2 atom stereocenters. The zero-order valence-electron chi connectivity index (χ0n) is 62.9. The minimum absolute atomic E-state index is 0.0245. The first kappa shape index (κ1) is 84.1. The molecule has 3 aliphatic rings. The van der Waals surface area contributed by atoms with Crippen LogP contribution >= 0.6 is 0 Å². The summed E-state index contributed by atoms with van der Waals surface area (Å²) in [6, 6.07) is -2.13. The first-order chi connectivity index (χ1) is 45.9. The number of nitrogens with one attached hydrogen (secondary N) is 6. The van der Waals surface area contributed by atoms with Crippen LogP contribution in [0, 0.1) is 16.2 Å². The van der Waals surface area contributed by atoms with Crippen molar-refractivity contribution in [1.29, 1.82) is 0 Å². The summed E-state index contributed by atoms with van der Waals surface area (Å²) in [5.41, 5.74) is 15.4. The van der Waals surface area contributed by atoms with Crippen LogP contribution in [0.15, 0.2) is 176 Å². The molecule has 0 aromatic heterocycles. The smallest absolute Gasteiger partial charge is 0.244 e. The van der Waals surface area contributed by atoms with E-state index in [0.29, 0.717) is 77.2 Å². The molecule has 14 heteroatoms. The molecule has 0 aromatic carbocycles. The molecule has 97 heavy (non-hydrogen) atoms. The zero-order chi connectivity index (χ0) is 72.0. The Morgan fingerprint density at radius 1 is 0.423 bits per heavy atom. The van der Waals surface area contributed by atoms with E-state index in [-0.39, 0.29) is 59.9 Å². The monoisotopic (exact) mass is 1330 g/mol. The number of rotatable bonds is 40. The Balaban J connectivity index is 1.80. The van der Waals surface area contributed by atoms with Crippen LogP contribution in [0.25, 0.3) is 0 Å². The predicted octanol–water partition coefficient (Wildman–Crippen LogP) is 16.6. The summed E-state index contributed by atoms with van der Waals surface area (Å²) < 4.78 is 11.2. The van der Waals surface area contributed by atoms with E-state index >= 15 is 0 Å². The third-order valence-corrected chi connectivity index (χ3v) is 18.2. The molecular weight excluding hydrogens is 1210 g/mol. The van der Waals surface area contributed by atoms with Gasteiger partial charge in [-0.2, -0.15) is 0 Å². The average molecular weight is 1340 g/mol. The molecule has 6 N–H and O–H groups in total. The van der Waals surface area contributed by atoms with Gasteiger partial charge in [-0.15, -0.1) is 0 Å². The number of hydrogen-bond donors (Lipinski definition) is 6. The van der Waals surface area contributed by atoms with Crippen molar-refractivity contribution >= 4 is 35.4 Å². The van der Waals surface area contributed by atoms with Gasteiger partial charge in [0.05, 0.1) is 6.61 Å². The molecule has 0 radical (unpaired) electrons. The molecule has 536 valence electrons. The van der Waals surface area contributed by atoms with E-state index in [1.165, 1.54) is 77.7 Å². The van der Waals surface area contributed by atoms with Crippen molar-refractivity contribution < 1.29 is 38.2 Å². The first-order valence-corrected chi connectivity index (χ1v) is 36.1. The summed E-state index contributed by atoms with van der Waals surface area (Å²) in [5, 5.41) is 17.5. The summed E-state index contributed by atoms with van der Waals surface area (Å²) in [7, 11) is 0. The van der Waals surface area contributed by atoms with Crippen molar-refractivity contribution in [3.05, 3.63) is 176 Å². The maximum Gasteiger partial charge on any atom is 0.244 e. The van der Waals surface area contributed by atoms with Gasteiger partial charge >= 0.3 is 0 Å². The van der Waals surface area contributed by atoms with E-state index in [0.717, 1.165) is 65.5 Å². The summed E-state index contributed by atoms with van der Waals surface area (Å²) in [6.07, 6.45) is 47.4. The summed E-state index contributed by atoms with van der Waals surface area (Å²) in [5.74, 6) is -2.17. The van der Waals surface area contributed by atoms with Crippen LogP contribution in [0.2, 0.25) is 0 Å². The minimum atomic E-state index is -1.14. The van der Waals surface area contributed by atoms with Crippen molar-refractivity contribution in [2.45, 2.75) is 239 Å². The molecule has 3 rings (SSSR count). The molecule has 3 aliphatic carbocycles. The van der Waals surface area contributed by atoms with Gasteiger partial charge < -0.3 is 41.4 Å². The van der Waals surface area contributed by atoms with Gasteiger partial charge in [0.1, 0.15) is 12.1 Å². The minimum Gasteiger partial charge on any atom is -0.381 e. The maximum atomic E-state index is 14.5. The highest BCUT2D eigenvalue weighted by Crippen LogP contribution is 2.43. The Kier molecular flexibility index (Phi) is 38.7. The van der Waals surface area contributed by atoms with Gasteiger partial charge in [-0.05, 0) is 222 Å². The quantitative estimate of drug-likeness (QED) is 0.0198. The Bertz CT molecular complexity index is 3130. The van der Waals surface area contributed by atoms with E-state index < -0.39 is 29.8 Å². The van der Waals surface area contributed by atoms with Gasteiger partial charge in [0, 0.05) is 70.6 Å². The molecule has 0 fully saturated rings. The second kappa shape index (κ2) is 44.7. The molecule has 6 amide bonds. The van der Waals surface area contributed by atoms with E-state index in [2.05, 4.69) is 151 Å². The summed E-state index contributed by atoms with van der Waals surface area (Å²) in [6.45, 7) is 39.3. The van der Waals surface area contributed by atoms with Crippen LogP contribution in [-0.2, 0) is 38.2 Å². The first-order valence-electron chi connectivity index (χ1n) is 36.1. The van der Waals surface area contributed by atoms with Crippen LogP contribution in [0.1, 0.15) is 227 Å². The second-order valence-corrected chi connectivity index (χ2v) is 29.1. The van der Waals surface area contributed by atoms with Gasteiger partial charge in [-0.1, -0.05) is 173 Å². The standard InChI is InChI=1S/C83H126N6O8/c1-18-51-96-54-43-75(90)84-48-26-52-97-53-27-49-87-79(94)73(35-19-20-47-85-77(92)59-66(8)56-65(7)55-64(6)38-41-72-69(11)34-25-46-83(72,16)17)89-80(95)74(88-78(93)58-63(5)31-22-29-61(3)37-40-71-68(10)33-24-45-82(71,14)15)42-50-86-76(91)57-62(4)30-21-28-60(2)36-39-70-67(9)32-23-44-81(70,12)13/h21-22,28-31,36-41,55-59,73-74H,18-20,23-27,32-35,42-54H2,1-17H3,(H,84,90)(H,85,92)(H,86,91)(H,87,94)(H,88,93)(H,89,95)/b30-21+,31-22+,39-36+,40-37+,41-38+,60-28+,61-29+,62-57+,63-58+,64-55+,65-56+,66-59+/t73?,74-/m0/s1. The SMILES string of the molecule is CCCOCCC(=O)NCCCOCCCNC(=O)C(CCCCNC(=O)/C=C(C)/C=C(C)/C=C(C)/C=C/C1=C(C)CCCC1(C)C)NC(=O)[C@H](CCNC(=O)/C=C(C)/C=C/C=C(C)/C=C/C1=C(C)CCCC1(C)C)NC(=O)/C=C(C)/C=C/C=C(C)/C=C/C1=C(C)CCCC1(C)C. The average Bonchev–Trinajstić information content (AvgIpc) is 0.844.